The first kappa shape index (κ1) is 16.3. The van der Waals surface area contributed by atoms with Crippen LogP contribution in [-0.4, -0.2) is 48.6 Å². The second-order valence-corrected chi connectivity index (χ2v) is 8.03. The maximum absolute atomic E-state index is 13.3. The minimum Gasteiger partial charge on any atom is -0.368 e. The molecule has 2 aliphatic carbocycles. The molecule has 0 spiro atoms. The van der Waals surface area contributed by atoms with Crippen LogP contribution in [0, 0.1) is 16.7 Å². The molecule has 1 amide bonds. The smallest absolute Gasteiger partial charge is 0.237 e. The van der Waals surface area contributed by atoms with E-state index in [9.17, 15) is 14.4 Å². The Balaban J connectivity index is 1.53. The van der Waals surface area contributed by atoms with E-state index in [0.717, 1.165) is 18.8 Å². The summed E-state index contributed by atoms with van der Waals surface area (Å²) in [5, 5.41) is 0. The van der Waals surface area contributed by atoms with E-state index in [1.807, 2.05) is 32.0 Å². The van der Waals surface area contributed by atoms with Gasteiger partial charge in [0.15, 0.2) is 0 Å². The summed E-state index contributed by atoms with van der Waals surface area (Å²) in [6, 6.07) is 10.1. The Morgan fingerprint density at radius 1 is 1.04 bits per heavy atom. The van der Waals surface area contributed by atoms with E-state index in [1.54, 1.807) is 4.90 Å². The zero-order valence-corrected chi connectivity index (χ0v) is 14.8. The van der Waals surface area contributed by atoms with Crippen molar-refractivity contribution in [2.75, 3.05) is 31.1 Å². The Morgan fingerprint density at radius 2 is 1.68 bits per heavy atom. The van der Waals surface area contributed by atoms with Gasteiger partial charge in [0.2, 0.25) is 17.5 Å². The largest absolute Gasteiger partial charge is 0.368 e. The van der Waals surface area contributed by atoms with Crippen molar-refractivity contribution >= 4 is 23.2 Å². The van der Waals surface area contributed by atoms with Gasteiger partial charge in [-0.2, -0.15) is 0 Å². The van der Waals surface area contributed by atoms with Gasteiger partial charge in [0.05, 0.1) is 0 Å². The number of Topliss-reactive ketones (excluding diaryl/α,β-unsaturated/α-hetero) is 2. The van der Waals surface area contributed by atoms with Crippen LogP contribution in [-0.2, 0) is 14.4 Å². The summed E-state index contributed by atoms with van der Waals surface area (Å²) in [6.45, 7) is 6.53. The van der Waals surface area contributed by atoms with Crippen molar-refractivity contribution in [1.29, 1.82) is 0 Å². The Bertz CT molecular complexity index is 735. The number of nitrogens with zero attached hydrogens (tertiary/aromatic N) is 2. The molecular formula is C20H24N2O3. The Kier molecular flexibility index (Phi) is 3.53. The molecule has 0 aromatic heterocycles. The molecule has 5 nitrogen and oxygen atoms in total. The average Bonchev–Trinajstić information content (AvgIpc) is 2.98. The first-order valence-corrected chi connectivity index (χ1v) is 9.07. The highest BCUT2D eigenvalue weighted by molar-refractivity contribution is 6.47. The standard InChI is InChI=1S/C20H24N2O3/c1-19(2)15-8-9-20(19,17(24)16(15)23)18(25)22-12-10-21(11-13-22)14-6-4-3-5-7-14/h3-7,15H,8-13H2,1-2H3. The van der Waals surface area contributed by atoms with Crippen LogP contribution >= 0.6 is 0 Å². The van der Waals surface area contributed by atoms with Crippen LogP contribution in [0.25, 0.3) is 0 Å². The van der Waals surface area contributed by atoms with Crippen molar-refractivity contribution < 1.29 is 14.4 Å². The number of ketones is 2. The van der Waals surface area contributed by atoms with Crippen molar-refractivity contribution in [1.82, 2.24) is 4.90 Å². The first-order valence-electron chi connectivity index (χ1n) is 9.07. The fraction of sp³-hybridized carbons (Fsp3) is 0.550. The van der Waals surface area contributed by atoms with Crippen molar-refractivity contribution in [2.45, 2.75) is 26.7 Å². The molecule has 25 heavy (non-hydrogen) atoms. The Hall–Kier alpha value is -2.17. The highest BCUT2D eigenvalue weighted by Crippen LogP contribution is 2.63. The molecule has 2 unspecified atom stereocenters. The summed E-state index contributed by atoms with van der Waals surface area (Å²) >= 11 is 0. The molecule has 2 bridgehead atoms. The highest BCUT2D eigenvalue weighted by Gasteiger charge is 2.73. The van der Waals surface area contributed by atoms with Gasteiger partial charge in [0.25, 0.3) is 0 Å². The number of carbonyl (C=O) groups excluding carboxylic acids is 3. The molecule has 2 atom stereocenters. The third-order valence-corrected chi connectivity index (χ3v) is 6.76. The number of fused-ring (bicyclic) bond motifs is 2. The van der Waals surface area contributed by atoms with Gasteiger partial charge < -0.3 is 9.80 Å². The number of anilines is 1. The maximum Gasteiger partial charge on any atom is 0.237 e. The second kappa shape index (κ2) is 5.41. The van der Waals surface area contributed by atoms with E-state index in [4.69, 9.17) is 0 Å². The normalized spacial score (nSPS) is 30.9. The van der Waals surface area contributed by atoms with E-state index in [1.165, 1.54) is 0 Å². The molecule has 1 saturated heterocycles. The molecule has 1 aromatic rings. The lowest BCUT2D eigenvalue weighted by molar-refractivity contribution is -0.155. The number of carbonyl (C=O) groups is 3. The van der Waals surface area contributed by atoms with Crippen molar-refractivity contribution in [3.8, 4) is 0 Å². The minimum atomic E-state index is -1.12. The van der Waals surface area contributed by atoms with Crippen molar-refractivity contribution in [2.24, 2.45) is 16.7 Å². The van der Waals surface area contributed by atoms with Crippen LogP contribution in [0.2, 0.25) is 0 Å². The molecule has 2 saturated carbocycles. The highest BCUT2D eigenvalue weighted by atomic mass is 16.2. The zero-order chi connectivity index (χ0) is 17.8. The molecule has 5 heteroatoms. The monoisotopic (exact) mass is 340 g/mol. The molecule has 3 aliphatic rings. The summed E-state index contributed by atoms with van der Waals surface area (Å²) in [7, 11) is 0. The number of rotatable bonds is 2. The van der Waals surface area contributed by atoms with Crippen LogP contribution in [0.1, 0.15) is 26.7 Å². The molecule has 1 aromatic carbocycles. The van der Waals surface area contributed by atoms with Crippen LogP contribution in [0.4, 0.5) is 5.69 Å². The van der Waals surface area contributed by atoms with Crippen molar-refractivity contribution in [3.63, 3.8) is 0 Å². The topological polar surface area (TPSA) is 57.7 Å². The molecule has 0 radical (unpaired) electrons. The number of hydrogen-bond acceptors (Lipinski definition) is 4. The average molecular weight is 340 g/mol. The predicted molar refractivity (Wildman–Crippen MR) is 94.2 cm³/mol. The zero-order valence-electron chi connectivity index (χ0n) is 14.8. The van der Waals surface area contributed by atoms with Crippen LogP contribution in [0.5, 0.6) is 0 Å². The molecule has 1 heterocycles. The quantitative estimate of drug-likeness (QED) is 0.610. The summed E-state index contributed by atoms with van der Waals surface area (Å²) in [5.74, 6) is -1.17. The minimum absolute atomic E-state index is 0.122. The third kappa shape index (κ3) is 2.04. The molecule has 1 aliphatic heterocycles. The van der Waals surface area contributed by atoms with E-state index in [2.05, 4.69) is 17.0 Å². The van der Waals surface area contributed by atoms with Gasteiger partial charge in [-0.25, -0.2) is 0 Å². The van der Waals surface area contributed by atoms with E-state index in [-0.39, 0.29) is 17.6 Å². The Labute approximate surface area is 148 Å². The summed E-state index contributed by atoms with van der Waals surface area (Å²) < 4.78 is 0. The van der Waals surface area contributed by atoms with Gasteiger partial charge >= 0.3 is 0 Å². The van der Waals surface area contributed by atoms with Gasteiger partial charge in [0.1, 0.15) is 5.41 Å². The number of hydrogen-bond donors (Lipinski definition) is 0. The second-order valence-electron chi connectivity index (χ2n) is 8.03. The van der Waals surface area contributed by atoms with E-state index in [0.29, 0.717) is 25.9 Å². The molecule has 3 fully saturated rings. The summed E-state index contributed by atoms with van der Waals surface area (Å²) in [6.07, 6.45) is 1.18. The van der Waals surface area contributed by atoms with Gasteiger partial charge in [-0.3, -0.25) is 14.4 Å². The van der Waals surface area contributed by atoms with Gasteiger partial charge in [-0.05, 0) is 30.4 Å². The molecular weight excluding hydrogens is 316 g/mol. The van der Waals surface area contributed by atoms with E-state index < -0.39 is 16.6 Å². The fourth-order valence-corrected chi connectivity index (χ4v) is 5.13. The summed E-state index contributed by atoms with van der Waals surface area (Å²) in [4.78, 5) is 42.3. The number of para-hydroxylation sites is 1. The predicted octanol–water partition coefficient (Wildman–Crippen LogP) is 1.91. The number of benzene rings is 1. The lowest BCUT2D eigenvalue weighted by Gasteiger charge is -2.42. The van der Waals surface area contributed by atoms with Gasteiger partial charge in [0, 0.05) is 37.8 Å². The van der Waals surface area contributed by atoms with Crippen LogP contribution < -0.4 is 4.90 Å². The fourth-order valence-electron chi connectivity index (χ4n) is 5.13. The number of piperazine rings is 1. The van der Waals surface area contributed by atoms with Crippen molar-refractivity contribution in [3.05, 3.63) is 30.3 Å². The molecule has 132 valence electrons. The molecule has 4 rings (SSSR count). The summed E-state index contributed by atoms with van der Waals surface area (Å²) in [5.41, 5.74) is -0.528. The lowest BCUT2D eigenvalue weighted by atomic mass is 9.68. The SMILES string of the molecule is CC1(C)C2CCC1(C(=O)N1CCN(c3ccccc3)CC1)C(=O)C2=O. The third-order valence-electron chi connectivity index (χ3n) is 6.76. The van der Waals surface area contributed by atoms with Gasteiger partial charge in [-0.1, -0.05) is 32.0 Å². The molecule has 0 N–H and O–H groups in total. The van der Waals surface area contributed by atoms with Crippen LogP contribution in [0.3, 0.4) is 0 Å². The van der Waals surface area contributed by atoms with Gasteiger partial charge in [-0.15, -0.1) is 0 Å². The van der Waals surface area contributed by atoms with Crippen LogP contribution in [0.15, 0.2) is 30.3 Å². The lowest BCUT2D eigenvalue weighted by Crippen LogP contribution is -2.57. The number of amides is 1. The first-order chi connectivity index (χ1) is 11.9. The Morgan fingerprint density at radius 3 is 2.24 bits per heavy atom. The van der Waals surface area contributed by atoms with E-state index >= 15 is 0 Å². The maximum atomic E-state index is 13.3.